The number of hydrogen-bond acceptors (Lipinski definition) is 8. The normalized spacial score (nSPS) is 22.2. The Balaban J connectivity index is 1.75. The molecule has 0 spiro atoms. The highest BCUT2D eigenvalue weighted by atomic mass is 16.6. The molecule has 1 fully saturated rings. The molecule has 11 heteroatoms. The highest BCUT2D eigenvalue weighted by molar-refractivity contribution is 6.04. The van der Waals surface area contributed by atoms with E-state index in [9.17, 15) is 19.8 Å². The van der Waals surface area contributed by atoms with Gasteiger partial charge in [-0.15, -0.1) is 0 Å². The summed E-state index contributed by atoms with van der Waals surface area (Å²) in [5, 5.41) is 20.5. The monoisotopic (exact) mass is 462 g/mol. The minimum atomic E-state index is -1.87. The summed E-state index contributed by atoms with van der Waals surface area (Å²) in [6.45, 7) is -0.518. The van der Waals surface area contributed by atoms with Crippen molar-refractivity contribution >= 4 is 34.4 Å². The number of nitrogen functional groups attached to an aromatic ring is 1. The first kappa shape index (κ1) is 21.8. The SMILES string of the molecule is Nc1nc2c(ncn2[C@@]2(C(=O)N(c3ccccc3)c3ccccc3)C[C@H](O)[C@@H](CO)O2)c(=O)[nH]1. The number of nitrogens with two attached hydrogens (primary N) is 1. The largest absolute Gasteiger partial charge is 0.394 e. The lowest BCUT2D eigenvalue weighted by Crippen LogP contribution is -2.49. The molecule has 2 aromatic carbocycles. The molecule has 174 valence electrons. The number of carbonyl (C=O) groups excluding carboxylic acids is 1. The number of benzene rings is 2. The van der Waals surface area contributed by atoms with Gasteiger partial charge in [-0.05, 0) is 24.3 Å². The lowest BCUT2D eigenvalue weighted by atomic mass is 10.0. The van der Waals surface area contributed by atoms with Crippen LogP contribution in [0.5, 0.6) is 0 Å². The fraction of sp³-hybridized carbons (Fsp3) is 0.217. The van der Waals surface area contributed by atoms with Crippen LogP contribution in [-0.2, 0) is 15.3 Å². The van der Waals surface area contributed by atoms with E-state index in [1.807, 2.05) is 12.1 Å². The van der Waals surface area contributed by atoms with Gasteiger partial charge in [-0.25, -0.2) is 4.98 Å². The third-order valence-corrected chi connectivity index (χ3v) is 5.82. The number of imidazole rings is 1. The molecule has 2 aromatic heterocycles. The molecule has 3 heterocycles. The van der Waals surface area contributed by atoms with Crippen molar-refractivity contribution in [2.45, 2.75) is 24.4 Å². The molecule has 34 heavy (non-hydrogen) atoms. The van der Waals surface area contributed by atoms with Gasteiger partial charge in [-0.1, -0.05) is 36.4 Å². The standard InChI is InChI=1S/C23H22N6O5/c24-22-26-19-18(20(32)27-22)25-13-28(19)23(11-16(31)17(12-30)34-23)21(33)29(14-7-3-1-4-8-14)15-9-5-2-6-10-15/h1-10,13,16-17,30-31H,11-12H2,(H3,24,26,27,32)/t16-,17+,23-/m0/s1. The number of nitrogens with one attached hydrogen (secondary N) is 1. The van der Waals surface area contributed by atoms with Crippen molar-refractivity contribution in [3.8, 4) is 0 Å². The first-order valence-corrected chi connectivity index (χ1v) is 10.6. The third-order valence-electron chi connectivity index (χ3n) is 5.82. The maximum Gasteiger partial charge on any atom is 0.285 e. The van der Waals surface area contributed by atoms with Crippen LogP contribution < -0.4 is 16.2 Å². The van der Waals surface area contributed by atoms with Crippen LogP contribution in [0, 0.1) is 0 Å². The Bertz CT molecular complexity index is 1350. The van der Waals surface area contributed by atoms with Crippen LogP contribution >= 0.6 is 0 Å². The minimum absolute atomic E-state index is 0.0152. The maximum absolute atomic E-state index is 14.4. The second-order valence-electron chi connectivity index (χ2n) is 7.94. The molecule has 0 bridgehead atoms. The molecule has 3 atom stereocenters. The maximum atomic E-state index is 14.4. The van der Waals surface area contributed by atoms with Gasteiger partial charge in [0.1, 0.15) is 12.4 Å². The van der Waals surface area contributed by atoms with Crippen molar-refractivity contribution < 1.29 is 19.7 Å². The number of carbonyl (C=O) groups is 1. The molecule has 1 amide bonds. The van der Waals surface area contributed by atoms with Crippen molar-refractivity contribution in [3.05, 3.63) is 77.3 Å². The fourth-order valence-electron chi connectivity index (χ4n) is 4.25. The molecule has 0 radical (unpaired) electrons. The average Bonchev–Trinajstić information content (AvgIpc) is 3.42. The quantitative estimate of drug-likeness (QED) is 0.340. The summed E-state index contributed by atoms with van der Waals surface area (Å²) in [7, 11) is 0. The van der Waals surface area contributed by atoms with E-state index in [4.69, 9.17) is 10.5 Å². The topological polar surface area (TPSA) is 160 Å². The van der Waals surface area contributed by atoms with E-state index in [1.165, 1.54) is 15.8 Å². The van der Waals surface area contributed by atoms with Crippen LogP contribution in [0.1, 0.15) is 6.42 Å². The Morgan fingerprint density at radius 3 is 2.35 bits per heavy atom. The molecular weight excluding hydrogens is 440 g/mol. The summed E-state index contributed by atoms with van der Waals surface area (Å²) in [5.74, 6) is -0.734. The molecule has 1 aliphatic heterocycles. The predicted molar refractivity (Wildman–Crippen MR) is 123 cm³/mol. The number of aliphatic hydroxyl groups is 2. The molecule has 5 rings (SSSR count). The summed E-state index contributed by atoms with van der Waals surface area (Å²) in [5.41, 5.74) is 4.39. The zero-order chi connectivity index (χ0) is 23.9. The van der Waals surface area contributed by atoms with Crippen LogP contribution in [0.15, 0.2) is 71.8 Å². The van der Waals surface area contributed by atoms with Crippen LogP contribution in [0.2, 0.25) is 0 Å². The molecule has 0 unspecified atom stereocenters. The number of H-pyrrole nitrogens is 1. The van der Waals surface area contributed by atoms with Crippen molar-refractivity contribution in [2.75, 3.05) is 17.2 Å². The summed E-state index contributed by atoms with van der Waals surface area (Å²) in [4.78, 5) is 38.9. The number of para-hydroxylation sites is 2. The number of aromatic amines is 1. The van der Waals surface area contributed by atoms with Crippen LogP contribution in [0.4, 0.5) is 17.3 Å². The van der Waals surface area contributed by atoms with Gasteiger partial charge < -0.3 is 20.7 Å². The molecular formula is C23H22N6O5. The van der Waals surface area contributed by atoms with Gasteiger partial charge in [0, 0.05) is 17.8 Å². The lowest BCUT2D eigenvalue weighted by molar-refractivity contribution is -0.159. The number of anilines is 3. The van der Waals surface area contributed by atoms with Gasteiger partial charge in [0.2, 0.25) is 11.7 Å². The number of aromatic nitrogens is 4. The Morgan fingerprint density at radius 1 is 1.18 bits per heavy atom. The average molecular weight is 462 g/mol. The van der Waals surface area contributed by atoms with Gasteiger partial charge >= 0.3 is 0 Å². The van der Waals surface area contributed by atoms with E-state index >= 15 is 0 Å². The van der Waals surface area contributed by atoms with E-state index < -0.39 is 36.0 Å². The molecule has 5 N–H and O–H groups in total. The number of nitrogens with zero attached hydrogens (tertiary/aromatic N) is 4. The van der Waals surface area contributed by atoms with E-state index in [2.05, 4.69) is 15.0 Å². The summed E-state index contributed by atoms with van der Waals surface area (Å²) < 4.78 is 7.37. The minimum Gasteiger partial charge on any atom is -0.394 e. The zero-order valence-corrected chi connectivity index (χ0v) is 17.9. The van der Waals surface area contributed by atoms with Gasteiger partial charge in [-0.3, -0.25) is 24.0 Å². The Morgan fingerprint density at radius 2 is 1.79 bits per heavy atom. The van der Waals surface area contributed by atoms with Crippen LogP contribution in [0.3, 0.4) is 0 Å². The summed E-state index contributed by atoms with van der Waals surface area (Å²) in [6, 6.07) is 17.9. The van der Waals surface area contributed by atoms with E-state index in [0.717, 1.165) is 0 Å². The zero-order valence-electron chi connectivity index (χ0n) is 17.9. The fourth-order valence-corrected chi connectivity index (χ4v) is 4.25. The highest BCUT2D eigenvalue weighted by Gasteiger charge is 2.55. The van der Waals surface area contributed by atoms with Gasteiger partial charge in [0.15, 0.2) is 11.2 Å². The number of rotatable bonds is 5. The van der Waals surface area contributed by atoms with E-state index in [0.29, 0.717) is 11.4 Å². The van der Waals surface area contributed by atoms with Crippen LogP contribution in [-0.4, -0.2) is 54.5 Å². The van der Waals surface area contributed by atoms with Gasteiger partial charge in [0.25, 0.3) is 11.5 Å². The Hall–Kier alpha value is -4.06. The van der Waals surface area contributed by atoms with Crippen molar-refractivity contribution in [1.82, 2.24) is 19.5 Å². The van der Waals surface area contributed by atoms with Gasteiger partial charge in [-0.2, -0.15) is 4.98 Å². The number of aliphatic hydroxyl groups excluding tert-OH is 2. The van der Waals surface area contributed by atoms with Crippen molar-refractivity contribution in [2.24, 2.45) is 0 Å². The molecule has 1 saturated heterocycles. The first-order chi connectivity index (χ1) is 16.4. The second kappa shape index (κ2) is 8.37. The number of hydrogen-bond donors (Lipinski definition) is 4. The molecule has 0 aliphatic carbocycles. The molecule has 4 aromatic rings. The van der Waals surface area contributed by atoms with Crippen molar-refractivity contribution in [3.63, 3.8) is 0 Å². The smallest absolute Gasteiger partial charge is 0.285 e. The number of ether oxygens (including phenoxy) is 1. The third kappa shape index (κ3) is 3.43. The van der Waals surface area contributed by atoms with E-state index in [1.54, 1.807) is 48.5 Å². The van der Waals surface area contributed by atoms with Gasteiger partial charge in [0.05, 0.1) is 12.7 Å². The highest BCUT2D eigenvalue weighted by Crippen LogP contribution is 2.41. The predicted octanol–water partition coefficient (Wildman–Crippen LogP) is 0.862. The molecule has 11 nitrogen and oxygen atoms in total. The lowest BCUT2D eigenvalue weighted by Gasteiger charge is -2.35. The first-order valence-electron chi connectivity index (χ1n) is 10.6. The van der Waals surface area contributed by atoms with Crippen LogP contribution in [0.25, 0.3) is 11.2 Å². The Labute approximate surface area is 193 Å². The molecule has 0 saturated carbocycles. The number of amides is 1. The molecule has 1 aliphatic rings. The second-order valence-corrected chi connectivity index (χ2v) is 7.94. The summed E-state index contributed by atoms with van der Waals surface area (Å²) >= 11 is 0. The van der Waals surface area contributed by atoms with Crippen molar-refractivity contribution in [1.29, 1.82) is 0 Å². The van der Waals surface area contributed by atoms with E-state index in [-0.39, 0.29) is 23.5 Å². The summed E-state index contributed by atoms with van der Waals surface area (Å²) in [6.07, 6.45) is -1.17. The Kier molecular flexibility index (Phi) is 5.36. The number of fused-ring (bicyclic) bond motifs is 1.